The zero-order chi connectivity index (χ0) is 17.7. The molecule has 0 saturated heterocycles. The van der Waals surface area contributed by atoms with Crippen LogP contribution in [0.4, 0.5) is 0 Å². The molecule has 0 unspecified atom stereocenters. The van der Waals surface area contributed by atoms with Crippen molar-refractivity contribution in [2.24, 2.45) is 5.92 Å². The van der Waals surface area contributed by atoms with Crippen molar-refractivity contribution in [2.45, 2.75) is 86.0 Å². The average Bonchev–Trinajstić information content (AvgIpc) is 2.39. The zero-order valence-corrected chi connectivity index (χ0v) is 17.3. The lowest BCUT2D eigenvalue weighted by Gasteiger charge is -2.41. The van der Waals surface area contributed by atoms with Crippen molar-refractivity contribution in [1.82, 2.24) is 0 Å². The van der Waals surface area contributed by atoms with Crippen molar-refractivity contribution in [3.05, 3.63) is 23.3 Å². The molecular formula is C19H36O2Si. The van der Waals surface area contributed by atoms with Gasteiger partial charge in [-0.05, 0) is 51.4 Å². The largest absolute Gasteiger partial charge is 0.410 e. The summed E-state index contributed by atoms with van der Waals surface area (Å²) in [6.45, 7) is 21.3. The van der Waals surface area contributed by atoms with E-state index in [4.69, 9.17) is 4.43 Å². The van der Waals surface area contributed by atoms with Crippen LogP contribution in [0, 0.1) is 5.92 Å². The first-order valence-corrected chi connectivity index (χ1v) is 11.2. The number of rotatable bonds is 7. The van der Waals surface area contributed by atoms with Crippen LogP contribution in [0.1, 0.15) is 61.8 Å². The van der Waals surface area contributed by atoms with Gasteiger partial charge in [-0.25, -0.2) is 0 Å². The molecule has 0 radical (unpaired) electrons. The lowest BCUT2D eigenvalue weighted by Crippen LogP contribution is -2.46. The molecule has 0 rings (SSSR count). The molecule has 0 aromatic rings. The highest BCUT2D eigenvalue weighted by Gasteiger charge is 2.41. The van der Waals surface area contributed by atoms with Crippen molar-refractivity contribution in [1.29, 1.82) is 0 Å². The number of carbonyl (C=O) groups is 1. The van der Waals surface area contributed by atoms with Gasteiger partial charge in [0.15, 0.2) is 8.32 Å². The second-order valence-corrected chi connectivity index (χ2v) is 12.8. The van der Waals surface area contributed by atoms with Crippen molar-refractivity contribution in [3.8, 4) is 0 Å². The molecule has 22 heavy (non-hydrogen) atoms. The van der Waals surface area contributed by atoms with E-state index in [1.807, 2.05) is 33.8 Å². The second-order valence-electron chi connectivity index (χ2n) is 8.07. The first-order valence-electron chi connectivity index (χ1n) is 8.30. The van der Waals surface area contributed by atoms with Gasteiger partial charge in [0.1, 0.15) is 5.78 Å². The maximum Gasteiger partial charge on any atom is 0.192 e. The molecule has 0 N–H and O–H groups in total. The zero-order valence-electron chi connectivity index (χ0n) is 16.3. The third kappa shape index (κ3) is 6.21. The van der Waals surface area contributed by atoms with E-state index < -0.39 is 8.32 Å². The monoisotopic (exact) mass is 324 g/mol. The summed E-state index contributed by atoms with van der Waals surface area (Å²) < 4.78 is 6.57. The standard InChI is InChI=1S/C19H36O2Si/c1-11-15(4)18(21-22(9,10)19(6,7)8)16(5)17(20)13-12-14(2)3/h11-12,16,18H,13H2,1-10H3/b15-11+/t16-,18-/m0/s1. The first kappa shape index (κ1) is 21.3. The molecule has 3 heteroatoms. The van der Waals surface area contributed by atoms with Gasteiger partial charge >= 0.3 is 0 Å². The van der Waals surface area contributed by atoms with E-state index in [9.17, 15) is 4.79 Å². The number of ketones is 1. The van der Waals surface area contributed by atoms with Crippen LogP contribution in [0.3, 0.4) is 0 Å². The number of Topliss-reactive ketones (excluding diaryl/α,β-unsaturated/α-hetero) is 1. The summed E-state index contributed by atoms with van der Waals surface area (Å²) in [6, 6.07) is 0. The molecule has 0 fully saturated rings. The van der Waals surface area contributed by atoms with Gasteiger partial charge in [0.2, 0.25) is 0 Å². The Labute approximate surface area is 139 Å². The van der Waals surface area contributed by atoms with Crippen LogP contribution in [0.15, 0.2) is 23.3 Å². The number of hydrogen-bond donors (Lipinski definition) is 0. The van der Waals surface area contributed by atoms with Crippen LogP contribution in [0.5, 0.6) is 0 Å². The average molecular weight is 325 g/mol. The molecule has 0 spiro atoms. The molecule has 0 bridgehead atoms. The van der Waals surface area contributed by atoms with Crippen LogP contribution in [-0.4, -0.2) is 20.2 Å². The van der Waals surface area contributed by atoms with Crippen LogP contribution in [0.25, 0.3) is 0 Å². The highest BCUT2D eigenvalue weighted by molar-refractivity contribution is 6.74. The fourth-order valence-electron chi connectivity index (χ4n) is 1.91. The molecule has 0 saturated carbocycles. The quantitative estimate of drug-likeness (QED) is 0.430. The van der Waals surface area contributed by atoms with Crippen molar-refractivity contribution < 1.29 is 9.22 Å². The van der Waals surface area contributed by atoms with Gasteiger partial charge in [-0.3, -0.25) is 4.79 Å². The van der Waals surface area contributed by atoms with Gasteiger partial charge in [-0.15, -0.1) is 0 Å². The van der Waals surface area contributed by atoms with E-state index >= 15 is 0 Å². The fraction of sp³-hybridized carbons (Fsp3) is 0.737. The predicted octanol–water partition coefficient (Wildman–Crippen LogP) is 5.90. The molecule has 2 nitrogen and oxygen atoms in total. The van der Waals surface area contributed by atoms with Crippen LogP contribution in [0.2, 0.25) is 18.1 Å². The van der Waals surface area contributed by atoms with Gasteiger partial charge in [0.25, 0.3) is 0 Å². The Morgan fingerprint density at radius 3 is 2.05 bits per heavy atom. The minimum Gasteiger partial charge on any atom is -0.410 e. The van der Waals surface area contributed by atoms with Crippen LogP contribution < -0.4 is 0 Å². The summed E-state index contributed by atoms with van der Waals surface area (Å²) in [5, 5.41) is 0.141. The van der Waals surface area contributed by atoms with E-state index in [0.717, 1.165) is 5.57 Å². The maximum absolute atomic E-state index is 12.5. The van der Waals surface area contributed by atoms with E-state index in [1.54, 1.807) is 0 Å². The molecule has 0 aliphatic heterocycles. The molecule has 0 amide bonds. The van der Waals surface area contributed by atoms with E-state index in [0.29, 0.717) is 6.42 Å². The smallest absolute Gasteiger partial charge is 0.192 e. The highest BCUT2D eigenvalue weighted by atomic mass is 28.4. The van der Waals surface area contributed by atoms with Crippen molar-refractivity contribution >= 4 is 14.1 Å². The summed E-state index contributed by atoms with van der Waals surface area (Å²) in [5.74, 6) is 0.145. The Morgan fingerprint density at radius 1 is 1.18 bits per heavy atom. The molecule has 0 heterocycles. The molecule has 0 aromatic heterocycles. The Bertz CT molecular complexity index is 435. The SMILES string of the molecule is C/C=C(\C)[C@H](O[Si](C)(C)C(C)(C)C)[C@@H](C)C(=O)CC=C(C)C. The predicted molar refractivity (Wildman–Crippen MR) is 99.7 cm³/mol. The maximum atomic E-state index is 12.5. The topological polar surface area (TPSA) is 26.3 Å². The third-order valence-corrected chi connectivity index (χ3v) is 9.26. The summed E-state index contributed by atoms with van der Waals surface area (Å²) in [7, 11) is -1.91. The Balaban J connectivity index is 5.32. The van der Waals surface area contributed by atoms with Gasteiger partial charge in [0, 0.05) is 12.3 Å². The normalized spacial score (nSPS) is 16.2. The Morgan fingerprint density at radius 2 is 1.68 bits per heavy atom. The molecular weight excluding hydrogens is 288 g/mol. The van der Waals surface area contributed by atoms with Crippen molar-refractivity contribution in [3.63, 3.8) is 0 Å². The minimum absolute atomic E-state index is 0.107. The van der Waals surface area contributed by atoms with Crippen molar-refractivity contribution in [2.75, 3.05) is 0 Å². The Kier molecular flexibility index (Phi) is 8.00. The Hall–Kier alpha value is -0.673. The molecule has 0 aliphatic carbocycles. The first-order chi connectivity index (χ1) is 9.83. The number of allylic oxidation sites excluding steroid dienone is 3. The lowest BCUT2D eigenvalue weighted by molar-refractivity contribution is -0.123. The van der Waals surface area contributed by atoms with E-state index in [-0.39, 0.29) is 22.8 Å². The number of carbonyl (C=O) groups excluding carboxylic acids is 1. The number of hydrogen-bond acceptors (Lipinski definition) is 2. The summed E-state index contributed by atoms with van der Waals surface area (Å²) in [5.41, 5.74) is 2.34. The minimum atomic E-state index is -1.91. The van der Waals surface area contributed by atoms with Gasteiger partial charge in [-0.2, -0.15) is 0 Å². The lowest BCUT2D eigenvalue weighted by atomic mass is 9.92. The van der Waals surface area contributed by atoms with E-state index in [2.05, 4.69) is 46.9 Å². The summed E-state index contributed by atoms with van der Waals surface area (Å²) >= 11 is 0. The fourth-order valence-corrected chi connectivity index (χ4v) is 3.29. The highest BCUT2D eigenvalue weighted by Crippen LogP contribution is 2.39. The van der Waals surface area contributed by atoms with Crippen LogP contribution >= 0.6 is 0 Å². The van der Waals surface area contributed by atoms with Gasteiger partial charge in [0.05, 0.1) is 6.10 Å². The molecule has 128 valence electrons. The summed E-state index contributed by atoms with van der Waals surface area (Å²) in [4.78, 5) is 12.5. The van der Waals surface area contributed by atoms with E-state index in [1.165, 1.54) is 5.57 Å². The molecule has 2 atom stereocenters. The van der Waals surface area contributed by atoms with Crippen LogP contribution in [-0.2, 0) is 9.22 Å². The third-order valence-electron chi connectivity index (χ3n) is 4.81. The molecule has 0 aromatic carbocycles. The molecule has 0 aliphatic rings. The van der Waals surface area contributed by atoms with Gasteiger partial charge in [-0.1, -0.05) is 45.4 Å². The summed E-state index contributed by atoms with van der Waals surface area (Å²) in [6.07, 6.45) is 4.47. The van der Waals surface area contributed by atoms with Gasteiger partial charge < -0.3 is 4.43 Å². The second kappa shape index (κ2) is 8.26.